The maximum atomic E-state index is 11.7. The normalized spacial score (nSPS) is 18.0. The Balaban J connectivity index is 1.77. The minimum Gasteiger partial charge on any atom is -0.425 e. The molecule has 0 saturated heterocycles. The van der Waals surface area contributed by atoms with Crippen LogP contribution < -0.4 is 5.56 Å². The van der Waals surface area contributed by atoms with Crippen molar-refractivity contribution in [2.24, 2.45) is 0 Å². The van der Waals surface area contributed by atoms with Crippen LogP contribution in [0.15, 0.2) is 41.2 Å². The Kier molecular flexibility index (Phi) is 6.60. The minimum absolute atomic E-state index is 0.390. The van der Waals surface area contributed by atoms with Crippen molar-refractivity contribution in [2.75, 3.05) is 39.8 Å². The Morgan fingerprint density at radius 2 is 1.63 bits per heavy atom. The van der Waals surface area contributed by atoms with Gasteiger partial charge in [0.2, 0.25) is 0 Å². The van der Waals surface area contributed by atoms with Crippen LogP contribution in [0, 0.1) is 0 Å². The van der Waals surface area contributed by atoms with Gasteiger partial charge in [-0.2, -0.15) is 4.73 Å². The molecule has 1 aliphatic heterocycles. The summed E-state index contributed by atoms with van der Waals surface area (Å²) in [5, 5.41) is 10.0. The first-order valence-corrected chi connectivity index (χ1v) is 9.53. The third kappa shape index (κ3) is 5.38. The molecule has 1 N–H and O–H groups in total. The molecule has 146 valence electrons. The highest BCUT2D eigenvalue weighted by Gasteiger charge is 2.15. The lowest BCUT2D eigenvalue weighted by molar-refractivity contribution is 0.135. The fourth-order valence-electron chi connectivity index (χ4n) is 3.38. The second kappa shape index (κ2) is 9.12. The molecule has 2 aromatic heterocycles. The smallest absolute Gasteiger partial charge is 0.283 e. The highest BCUT2D eigenvalue weighted by molar-refractivity contribution is 5.11. The molecule has 3 rings (SSSR count). The Morgan fingerprint density at radius 1 is 0.963 bits per heavy atom. The zero-order valence-electron chi connectivity index (χ0n) is 16.2. The van der Waals surface area contributed by atoms with Crippen LogP contribution in [0.25, 0.3) is 0 Å². The first kappa shape index (κ1) is 19.5. The van der Waals surface area contributed by atoms with Crippen LogP contribution in [0.1, 0.15) is 24.0 Å². The maximum Gasteiger partial charge on any atom is 0.283 e. The van der Waals surface area contributed by atoms with Gasteiger partial charge < -0.3 is 5.21 Å². The molecule has 1 aliphatic rings. The van der Waals surface area contributed by atoms with E-state index in [2.05, 4.69) is 46.9 Å². The van der Waals surface area contributed by atoms with E-state index in [9.17, 15) is 10.0 Å². The van der Waals surface area contributed by atoms with Crippen LogP contribution in [0.2, 0.25) is 0 Å². The van der Waals surface area contributed by atoms with Gasteiger partial charge >= 0.3 is 0 Å². The van der Waals surface area contributed by atoms with Crippen LogP contribution in [0.4, 0.5) is 0 Å². The molecular formula is C20H29N5O2. The molecule has 27 heavy (non-hydrogen) atoms. The monoisotopic (exact) mass is 371 g/mol. The van der Waals surface area contributed by atoms with Gasteiger partial charge in [0.25, 0.3) is 5.56 Å². The molecule has 0 spiro atoms. The molecule has 7 nitrogen and oxygen atoms in total. The van der Waals surface area contributed by atoms with E-state index >= 15 is 0 Å². The highest BCUT2D eigenvalue weighted by Crippen LogP contribution is 2.09. The average Bonchev–Trinajstić information content (AvgIpc) is 2.65. The summed E-state index contributed by atoms with van der Waals surface area (Å²) in [5.74, 6) is 0. The Hall–Kier alpha value is -2.22. The van der Waals surface area contributed by atoms with Crippen LogP contribution >= 0.6 is 0 Å². The summed E-state index contributed by atoms with van der Waals surface area (Å²) >= 11 is 0. The topological polar surface area (TPSA) is 64.8 Å². The van der Waals surface area contributed by atoms with Crippen molar-refractivity contribution in [3.05, 3.63) is 63.8 Å². The van der Waals surface area contributed by atoms with Crippen LogP contribution in [-0.4, -0.2) is 69.4 Å². The van der Waals surface area contributed by atoms with Crippen molar-refractivity contribution in [2.45, 2.75) is 26.6 Å². The molecule has 2 bridgehead atoms. The third-order valence-corrected chi connectivity index (χ3v) is 5.05. The number of hydrogen-bond acceptors (Lipinski definition) is 6. The van der Waals surface area contributed by atoms with E-state index in [1.54, 1.807) is 12.1 Å². The number of pyridine rings is 2. The zero-order chi connectivity index (χ0) is 19.2. The van der Waals surface area contributed by atoms with Gasteiger partial charge in [0.15, 0.2) is 0 Å². The van der Waals surface area contributed by atoms with Crippen molar-refractivity contribution in [1.29, 1.82) is 0 Å². The molecule has 0 fully saturated rings. The highest BCUT2D eigenvalue weighted by atomic mass is 16.5. The van der Waals surface area contributed by atoms with Crippen LogP contribution in [0.5, 0.6) is 0 Å². The van der Waals surface area contributed by atoms with E-state index in [4.69, 9.17) is 4.98 Å². The van der Waals surface area contributed by atoms with Gasteiger partial charge in [0, 0.05) is 51.9 Å². The van der Waals surface area contributed by atoms with Crippen LogP contribution in [0.3, 0.4) is 0 Å². The Labute approximate surface area is 160 Å². The van der Waals surface area contributed by atoms with Crippen molar-refractivity contribution in [3.8, 4) is 0 Å². The molecule has 0 saturated carbocycles. The lowest BCUT2D eigenvalue weighted by atomic mass is 10.2. The molecule has 0 radical (unpaired) electrons. The fraction of sp³-hybridized carbons (Fsp3) is 0.500. The van der Waals surface area contributed by atoms with Gasteiger partial charge in [-0.3, -0.25) is 24.5 Å². The predicted molar refractivity (Wildman–Crippen MR) is 105 cm³/mol. The number of aromatic nitrogens is 2. The van der Waals surface area contributed by atoms with Crippen molar-refractivity contribution >= 4 is 0 Å². The van der Waals surface area contributed by atoms with Crippen LogP contribution in [-0.2, 0) is 19.6 Å². The summed E-state index contributed by atoms with van der Waals surface area (Å²) in [7, 11) is 2.10. The molecule has 0 atom stereocenters. The summed E-state index contributed by atoms with van der Waals surface area (Å²) in [6, 6.07) is 11.1. The quantitative estimate of drug-likeness (QED) is 0.820. The zero-order valence-corrected chi connectivity index (χ0v) is 16.2. The van der Waals surface area contributed by atoms with Gasteiger partial charge in [-0.1, -0.05) is 19.1 Å². The van der Waals surface area contributed by atoms with Gasteiger partial charge in [-0.05, 0) is 31.8 Å². The van der Waals surface area contributed by atoms with E-state index in [0.29, 0.717) is 12.2 Å². The summed E-state index contributed by atoms with van der Waals surface area (Å²) in [6.45, 7) is 8.83. The molecule has 0 aromatic carbocycles. The standard InChI is InChI=1S/C20H29N5O2/c1-3-23-12-13-24(16-19-8-5-9-20(26)25(19)27)11-10-22(2)14-17-6-4-7-18(15-23)21-17/h4-9,27H,3,10-16H2,1-2H3. The summed E-state index contributed by atoms with van der Waals surface area (Å²) in [4.78, 5) is 23.4. The maximum absolute atomic E-state index is 11.7. The molecule has 0 amide bonds. The summed E-state index contributed by atoms with van der Waals surface area (Å²) in [5.41, 5.74) is 2.42. The molecule has 7 heteroatoms. The molecule has 2 aromatic rings. The first-order valence-electron chi connectivity index (χ1n) is 9.53. The number of fused-ring (bicyclic) bond motifs is 2. The Bertz CT molecular complexity index is 807. The second-order valence-electron chi connectivity index (χ2n) is 7.17. The van der Waals surface area contributed by atoms with E-state index in [1.807, 2.05) is 0 Å². The van der Waals surface area contributed by atoms with Crippen molar-refractivity contribution in [1.82, 2.24) is 24.4 Å². The van der Waals surface area contributed by atoms with Gasteiger partial charge in [0.1, 0.15) is 0 Å². The lowest BCUT2D eigenvalue weighted by Gasteiger charge is -2.29. The average molecular weight is 371 g/mol. The number of hydrogen-bond donors (Lipinski definition) is 1. The van der Waals surface area contributed by atoms with E-state index < -0.39 is 5.56 Å². The number of likely N-dealkylation sites (N-methyl/N-ethyl adjacent to an activating group) is 2. The minimum atomic E-state index is -0.390. The number of rotatable bonds is 3. The molecular weight excluding hydrogens is 342 g/mol. The van der Waals surface area contributed by atoms with E-state index in [-0.39, 0.29) is 0 Å². The third-order valence-electron chi connectivity index (χ3n) is 5.05. The lowest BCUT2D eigenvalue weighted by Crippen LogP contribution is -2.40. The summed E-state index contributed by atoms with van der Waals surface area (Å²) < 4.78 is 0.756. The van der Waals surface area contributed by atoms with Crippen molar-refractivity contribution < 1.29 is 5.21 Å². The first-order chi connectivity index (χ1) is 13.0. The predicted octanol–water partition coefficient (Wildman–Crippen LogP) is 1.25. The number of nitrogens with zero attached hydrogens (tertiary/aromatic N) is 5. The summed E-state index contributed by atoms with van der Waals surface area (Å²) in [6.07, 6.45) is 0. The van der Waals surface area contributed by atoms with Gasteiger partial charge in [-0.25, -0.2) is 0 Å². The van der Waals surface area contributed by atoms with Gasteiger partial charge in [0.05, 0.1) is 17.1 Å². The van der Waals surface area contributed by atoms with E-state index in [1.165, 1.54) is 6.07 Å². The van der Waals surface area contributed by atoms with Crippen molar-refractivity contribution in [3.63, 3.8) is 0 Å². The Morgan fingerprint density at radius 3 is 2.41 bits per heavy atom. The second-order valence-corrected chi connectivity index (χ2v) is 7.17. The SMILES string of the molecule is CCN1CCN(Cc2cccc(=O)n2O)CCN(C)Cc2cccc(n2)C1. The van der Waals surface area contributed by atoms with Gasteiger partial charge in [-0.15, -0.1) is 0 Å². The largest absolute Gasteiger partial charge is 0.425 e. The molecule has 0 aliphatic carbocycles. The van der Waals surface area contributed by atoms with E-state index in [0.717, 1.165) is 61.9 Å². The fourth-order valence-corrected chi connectivity index (χ4v) is 3.38. The molecule has 3 heterocycles. The molecule has 0 unspecified atom stereocenters.